The van der Waals surface area contributed by atoms with Crippen LogP contribution in [-0.2, 0) is 4.79 Å². The molecule has 1 N–H and O–H groups in total. The van der Waals surface area contributed by atoms with E-state index in [1.54, 1.807) is 0 Å². The predicted molar refractivity (Wildman–Crippen MR) is 54.9 cm³/mol. The number of benzene rings is 1. The second-order valence-electron chi connectivity index (χ2n) is 3.70. The van der Waals surface area contributed by atoms with E-state index in [9.17, 15) is 4.79 Å². The van der Waals surface area contributed by atoms with E-state index in [-0.39, 0.29) is 11.8 Å². The van der Waals surface area contributed by atoms with Crippen molar-refractivity contribution in [2.75, 3.05) is 5.32 Å². The Morgan fingerprint density at radius 2 is 2.21 bits per heavy atom. The average Bonchev–Trinajstić information content (AvgIpc) is 2.22. The van der Waals surface area contributed by atoms with Gasteiger partial charge in [-0.25, -0.2) is 0 Å². The molecule has 1 aliphatic heterocycles. The molecule has 1 saturated carbocycles. The lowest BCUT2D eigenvalue weighted by Gasteiger charge is -2.24. The highest BCUT2D eigenvalue weighted by Gasteiger charge is 2.34. The molecule has 0 aromatic heterocycles. The fourth-order valence-corrected chi connectivity index (χ4v) is 1.89. The molecule has 1 aromatic carbocycles. The van der Waals surface area contributed by atoms with E-state index >= 15 is 0 Å². The van der Waals surface area contributed by atoms with Crippen molar-refractivity contribution >= 4 is 23.0 Å². The van der Waals surface area contributed by atoms with E-state index in [4.69, 9.17) is 0 Å². The van der Waals surface area contributed by atoms with Crippen LogP contribution in [0.3, 0.4) is 0 Å². The van der Waals surface area contributed by atoms with Crippen molar-refractivity contribution in [2.24, 2.45) is 10.9 Å². The summed E-state index contributed by atoms with van der Waals surface area (Å²) in [6.45, 7) is 0. The van der Waals surface area contributed by atoms with Crippen molar-refractivity contribution in [3.05, 3.63) is 24.3 Å². The number of rotatable bonds is 0. The van der Waals surface area contributed by atoms with Gasteiger partial charge in [-0.15, -0.1) is 0 Å². The summed E-state index contributed by atoms with van der Waals surface area (Å²) in [5.41, 5.74) is 2.75. The molecule has 1 fully saturated rings. The molecule has 0 saturated heterocycles. The van der Waals surface area contributed by atoms with E-state index in [0.717, 1.165) is 29.9 Å². The molecule has 2 aliphatic rings. The van der Waals surface area contributed by atoms with Crippen molar-refractivity contribution < 1.29 is 4.79 Å². The van der Waals surface area contributed by atoms with E-state index in [2.05, 4.69) is 10.3 Å². The van der Waals surface area contributed by atoms with Crippen molar-refractivity contribution in [1.29, 1.82) is 0 Å². The van der Waals surface area contributed by atoms with Gasteiger partial charge in [-0.2, -0.15) is 0 Å². The number of hydrogen-bond acceptors (Lipinski definition) is 2. The Morgan fingerprint density at radius 3 is 3.00 bits per heavy atom. The summed E-state index contributed by atoms with van der Waals surface area (Å²) in [6.07, 6.45) is 1.91. The molecule has 1 amide bonds. The highest BCUT2D eigenvalue weighted by molar-refractivity contribution is 6.15. The molecule has 0 spiro atoms. The van der Waals surface area contributed by atoms with Crippen LogP contribution in [0.25, 0.3) is 0 Å². The Kier molecular flexibility index (Phi) is 1.48. The first kappa shape index (κ1) is 7.74. The highest BCUT2D eigenvalue weighted by atomic mass is 16.2. The van der Waals surface area contributed by atoms with E-state index in [1.165, 1.54) is 0 Å². The smallest absolute Gasteiger partial charge is 0.233 e. The lowest BCUT2D eigenvalue weighted by molar-refractivity contribution is -0.118. The normalized spacial score (nSPS) is 23.6. The van der Waals surface area contributed by atoms with Gasteiger partial charge in [0.15, 0.2) is 0 Å². The maximum atomic E-state index is 11.6. The third-order valence-corrected chi connectivity index (χ3v) is 2.83. The molecule has 1 heterocycles. The third kappa shape index (κ3) is 0.985. The predicted octanol–water partition coefficient (Wildman–Crippen LogP) is 2.12. The quantitative estimate of drug-likeness (QED) is 0.662. The molecule has 0 radical (unpaired) electrons. The van der Waals surface area contributed by atoms with Gasteiger partial charge in [-0.1, -0.05) is 12.1 Å². The summed E-state index contributed by atoms with van der Waals surface area (Å²) in [5.74, 6) is 0.127. The number of fused-ring (bicyclic) bond motifs is 2. The maximum absolute atomic E-state index is 11.6. The van der Waals surface area contributed by atoms with Gasteiger partial charge in [-0.3, -0.25) is 9.79 Å². The minimum Gasteiger partial charge on any atom is -0.324 e. The maximum Gasteiger partial charge on any atom is 0.233 e. The zero-order valence-corrected chi connectivity index (χ0v) is 7.66. The van der Waals surface area contributed by atoms with Crippen LogP contribution in [0.5, 0.6) is 0 Å². The number of carbonyl (C=O) groups excluding carboxylic acids is 1. The first-order chi connectivity index (χ1) is 6.84. The first-order valence-electron chi connectivity index (χ1n) is 4.82. The minimum absolute atomic E-state index is 0.0300. The van der Waals surface area contributed by atoms with Crippen LogP contribution in [0.1, 0.15) is 12.8 Å². The summed E-state index contributed by atoms with van der Waals surface area (Å²) in [4.78, 5) is 16.1. The summed E-state index contributed by atoms with van der Waals surface area (Å²) < 4.78 is 0. The van der Waals surface area contributed by atoms with Gasteiger partial charge < -0.3 is 5.32 Å². The molecule has 1 aliphatic carbocycles. The van der Waals surface area contributed by atoms with E-state index < -0.39 is 0 Å². The van der Waals surface area contributed by atoms with Gasteiger partial charge >= 0.3 is 0 Å². The zero-order valence-electron chi connectivity index (χ0n) is 7.66. The lowest BCUT2D eigenvalue weighted by atomic mass is 9.82. The number of amides is 1. The molecule has 1 aromatic rings. The molecule has 14 heavy (non-hydrogen) atoms. The summed E-state index contributed by atoms with van der Waals surface area (Å²) in [7, 11) is 0. The number of nitrogens with zero attached hydrogens (tertiary/aromatic N) is 1. The Balaban J connectivity index is 2.13. The fraction of sp³-hybridized carbons (Fsp3) is 0.273. The zero-order chi connectivity index (χ0) is 9.54. The Labute approximate surface area is 81.9 Å². The van der Waals surface area contributed by atoms with Crippen LogP contribution >= 0.6 is 0 Å². The summed E-state index contributed by atoms with van der Waals surface area (Å²) in [5, 5.41) is 2.90. The Hall–Kier alpha value is -1.64. The molecule has 1 unspecified atom stereocenters. The molecule has 70 valence electrons. The standard InChI is InChI=1S/C11H10N2O/c14-11-7-5-6-8(7)12-9-3-1-2-4-10(9)13-11/h1-4,7H,5-6H2,(H,13,14). The van der Waals surface area contributed by atoms with E-state index in [0.29, 0.717) is 0 Å². The van der Waals surface area contributed by atoms with Crippen molar-refractivity contribution in [1.82, 2.24) is 0 Å². The second kappa shape index (κ2) is 2.67. The molecule has 1 atom stereocenters. The average molecular weight is 186 g/mol. The van der Waals surface area contributed by atoms with Gasteiger partial charge in [0.2, 0.25) is 5.91 Å². The SMILES string of the molecule is O=C1Nc2ccccc2N=C2CCC12. The highest BCUT2D eigenvalue weighted by Crippen LogP contribution is 2.35. The van der Waals surface area contributed by atoms with Crippen LogP contribution in [-0.4, -0.2) is 11.6 Å². The minimum atomic E-state index is 0.0300. The van der Waals surface area contributed by atoms with Crippen LogP contribution in [0.15, 0.2) is 29.3 Å². The second-order valence-corrected chi connectivity index (χ2v) is 3.70. The van der Waals surface area contributed by atoms with Crippen LogP contribution in [0, 0.1) is 5.92 Å². The van der Waals surface area contributed by atoms with Crippen LogP contribution in [0.2, 0.25) is 0 Å². The molecule has 3 heteroatoms. The fourth-order valence-electron chi connectivity index (χ4n) is 1.89. The van der Waals surface area contributed by atoms with Crippen LogP contribution < -0.4 is 5.32 Å². The van der Waals surface area contributed by atoms with E-state index in [1.807, 2.05) is 24.3 Å². The van der Waals surface area contributed by atoms with Gasteiger partial charge in [0.25, 0.3) is 0 Å². The Bertz CT molecular complexity index is 437. The Morgan fingerprint density at radius 1 is 1.36 bits per heavy atom. The summed E-state index contributed by atoms with van der Waals surface area (Å²) >= 11 is 0. The van der Waals surface area contributed by atoms with Crippen molar-refractivity contribution in [2.45, 2.75) is 12.8 Å². The largest absolute Gasteiger partial charge is 0.324 e. The number of nitrogens with one attached hydrogen (secondary N) is 1. The van der Waals surface area contributed by atoms with Gasteiger partial charge in [0.1, 0.15) is 0 Å². The summed E-state index contributed by atoms with van der Waals surface area (Å²) in [6, 6.07) is 7.67. The van der Waals surface area contributed by atoms with Crippen LogP contribution in [0.4, 0.5) is 11.4 Å². The number of anilines is 1. The van der Waals surface area contributed by atoms with Gasteiger partial charge in [0, 0.05) is 5.71 Å². The van der Waals surface area contributed by atoms with Gasteiger partial charge in [-0.05, 0) is 25.0 Å². The molecular weight excluding hydrogens is 176 g/mol. The van der Waals surface area contributed by atoms with Crippen molar-refractivity contribution in [3.63, 3.8) is 0 Å². The van der Waals surface area contributed by atoms with Crippen molar-refractivity contribution in [3.8, 4) is 0 Å². The topological polar surface area (TPSA) is 41.5 Å². The lowest BCUT2D eigenvalue weighted by Crippen LogP contribution is -2.35. The van der Waals surface area contributed by atoms with Gasteiger partial charge in [0.05, 0.1) is 17.3 Å². The number of para-hydroxylation sites is 2. The first-order valence-corrected chi connectivity index (χ1v) is 4.82. The molecule has 3 nitrogen and oxygen atoms in total. The monoisotopic (exact) mass is 186 g/mol. The third-order valence-electron chi connectivity index (χ3n) is 2.83. The molecule has 0 bridgehead atoms. The molecular formula is C11H10N2O. The number of hydrogen-bond donors (Lipinski definition) is 1. The molecule has 3 rings (SSSR count). The number of aliphatic imine (C=N–C) groups is 1. The number of carbonyl (C=O) groups is 1.